The van der Waals surface area contributed by atoms with Gasteiger partial charge < -0.3 is 9.52 Å². The van der Waals surface area contributed by atoms with Crippen LogP contribution in [0.1, 0.15) is 16.1 Å². The average molecular weight is 344 g/mol. The van der Waals surface area contributed by atoms with E-state index in [-0.39, 0.29) is 5.76 Å². The van der Waals surface area contributed by atoms with E-state index in [4.69, 9.17) is 16.0 Å². The van der Waals surface area contributed by atoms with Crippen molar-refractivity contribution in [3.05, 3.63) is 75.0 Å². The van der Waals surface area contributed by atoms with Gasteiger partial charge in [0, 0.05) is 16.5 Å². The number of allylic oxidation sites excluding steroid dienone is 1. The second-order valence-corrected chi connectivity index (χ2v) is 5.43. The first-order chi connectivity index (χ1) is 11.4. The van der Waals surface area contributed by atoms with Crippen LogP contribution in [0.15, 0.2) is 53.0 Å². The van der Waals surface area contributed by atoms with Gasteiger partial charge in [0.05, 0.1) is 4.92 Å². The molecule has 7 heteroatoms. The van der Waals surface area contributed by atoms with E-state index in [2.05, 4.69) is 0 Å². The minimum atomic E-state index is -0.697. The average Bonchev–Trinajstić information content (AvgIpc) is 2.96. The number of carbonyl (C=O) groups excluding carboxylic acids is 1. The third-order valence-electron chi connectivity index (χ3n) is 3.34. The SMILES string of the molecule is O=C(/C=C/c1ccc(O)c([N+](=O)[O-])c1)c1cc2cc(Cl)ccc2o1. The van der Waals surface area contributed by atoms with E-state index in [9.17, 15) is 20.0 Å². The van der Waals surface area contributed by atoms with Gasteiger partial charge in [-0.1, -0.05) is 23.7 Å². The summed E-state index contributed by atoms with van der Waals surface area (Å²) in [6.45, 7) is 0. The number of phenols is 1. The molecule has 3 rings (SSSR count). The molecule has 0 amide bonds. The summed E-state index contributed by atoms with van der Waals surface area (Å²) >= 11 is 5.89. The molecule has 0 saturated heterocycles. The molecule has 0 saturated carbocycles. The number of fused-ring (bicyclic) bond motifs is 1. The standard InChI is InChI=1S/C17H10ClNO5/c18-12-3-6-16-11(8-12)9-17(24-16)15(21)5-2-10-1-4-14(20)13(7-10)19(22)23/h1-9,20H/b5-2+. The van der Waals surface area contributed by atoms with Gasteiger partial charge in [-0.15, -0.1) is 0 Å². The van der Waals surface area contributed by atoms with Crippen molar-refractivity contribution >= 4 is 40.1 Å². The van der Waals surface area contributed by atoms with E-state index in [1.54, 1.807) is 24.3 Å². The number of nitro benzene ring substituents is 1. The molecule has 0 aliphatic carbocycles. The van der Waals surface area contributed by atoms with Gasteiger partial charge >= 0.3 is 5.69 Å². The van der Waals surface area contributed by atoms with Crippen molar-refractivity contribution in [3.8, 4) is 5.75 Å². The number of rotatable bonds is 4. The molecule has 0 atom stereocenters. The molecule has 3 aromatic rings. The van der Waals surface area contributed by atoms with Crippen molar-refractivity contribution in [3.63, 3.8) is 0 Å². The molecule has 2 aromatic carbocycles. The van der Waals surface area contributed by atoms with Crippen LogP contribution in [0.2, 0.25) is 5.02 Å². The molecule has 120 valence electrons. The number of benzene rings is 2. The molecule has 0 unspecified atom stereocenters. The molecular weight excluding hydrogens is 334 g/mol. The fraction of sp³-hybridized carbons (Fsp3) is 0. The minimum Gasteiger partial charge on any atom is -0.502 e. The maximum Gasteiger partial charge on any atom is 0.311 e. The number of phenolic OH excluding ortho intramolecular Hbond substituents is 1. The Morgan fingerprint density at radius 3 is 2.75 bits per heavy atom. The van der Waals surface area contributed by atoms with E-state index in [0.717, 1.165) is 0 Å². The minimum absolute atomic E-state index is 0.136. The smallest absolute Gasteiger partial charge is 0.311 e. The Morgan fingerprint density at radius 1 is 1.21 bits per heavy atom. The van der Waals surface area contributed by atoms with Gasteiger partial charge in [-0.3, -0.25) is 14.9 Å². The van der Waals surface area contributed by atoms with Crippen LogP contribution in [-0.4, -0.2) is 15.8 Å². The van der Waals surface area contributed by atoms with Crippen LogP contribution >= 0.6 is 11.6 Å². The molecule has 6 nitrogen and oxygen atoms in total. The molecule has 0 spiro atoms. The highest BCUT2D eigenvalue weighted by Crippen LogP contribution is 2.27. The summed E-state index contributed by atoms with van der Waals surface area (Å²) < 4.78 is 5.45. The number of ketones is 1. The van der Waals surface area contributed by atoms with Crippen molar-refractivity contribution in [1.82, 2.24) is 0 Å². The second-order valence-electron chi connectivity index (χ2n) is 5.00. The van der Waals surface area contributed by atoms with Crippen molar-refractivity contribution < 1.29 is 19.2 Å². The van der Waals surface area contributed by atoms with E-state index >= 15 is 0 Å². The number of nitrogens with zero attached hydrogens (tertiary/aromatic N) is 1. The van der Waals surface area contributed by atoms with Crippen molar-refractivity contribution in [2.75, 3.05) is 0 Å². The Balaban J connectivity index is 1.86. The van der Waals surface area contributed by atoms with Gasteiger partial charge in [-0.25, -0.2) is 0 Å². The molecule has 0 fully saturated rings. The molecule has 0 aliphatic heterocycles. The Hall–Kier alpha value is -3.12. The summed E-state index contributed by atoms with van der Waals surface area (Å²) in [4.78, 5) is 22.3. The highest BCUT2D eigenvalue weighted by Gasteiger charge is 2.13. The lowest BCUT2D eigenvalue weighted by molar-refractivity contribution is -0.385. The van der Waals surface area contributed by atoms with Crippen LogP contribution in [0.3, 0.4) is 0 Å². The molecule has 1 heterocycles. The van der Waals surface area contributed by atoms with E-state index in [1.807, 2.05) is 0 Å². The largest absolute Gasteiger partial charge is 0.502 e. The molecular formula is C17H10ClNO5. The van der Waals surface area contributed by atoms with Crippen molar-refractivity contribution in [1.29, 1.82) is 0 Å². The fourth-order valence-electron chi connectivity index (χ4n) is 2.18. The fourth-order valence-corrected chi connectivity index (χ4v) is 2.36. The Bertz CT molecular complexity index is 990. The number of halogens is 1. The van der Waals surface area contributed by atoms with E-state index < -0.39 is 22.1 Å². The van der Waals surface area contributed by atoms with Gasteiger partial charge in [0.1, 0.15) is 5.58 Å². The van der Waals surface area contributed by atoms with Gasteiger partial charge in [0.25, 0.3) is 0 Å². The molecule has 0 radical (unpaired) electrons. The monoisotopic (exact) mass is 343 g/mol. The summed E-state index contributed by atoms with van der Waals surface area (Å²) in [5.41, 5.74) is 0.520. The molecule has 0 aliphatic rings. The molecule has 1 N–H and O–H groups in total. The zero-order valence-electron chi connectivity index (χ0n) is 12.1. The Morgan fingerprint density at radius 2 is 2.00 bits per heavy atom. The normalized spacial score (nSPS) is 11.2. The Kier molecular flexibility index (Phi) is 4.05. The number of hydrogen-bond donors (Lipinski definition) is 1. The van der Waals surface area contributed by atoms with Gasteiger partial charge in [0.2, 0.25) is 5.78 Å². The summed E-state index contributed by atoms with van der Waals surface area (Å²) in [7, 11) is 0. The van der Waals surface area contributed by atoms with E-state index in [0.29, 0.717) is 21.6 Å². The summed E-state index contributed by atoms with van der Waals surface area (Å²) in [5.74, 6) is -0.688. The summed E-state index contributed by atoms with van der Waals surface area (Å²) in [6, 6.07) is 10.4. The topological polar surface area (TPSA) is 93.6 Å². The maximum absolute atomic E-state index is 12.2. The lowest BCUT2D eigenvalue weighted by atomic mass is 10.1. The van der Waals surface area contributed by atoms with Gasteiger partial charge in [-0.05, 0) is 42.0 Å². The first kappa shape index (κ1) is 15.8. The number of hydrogen-bond acceptors (Lipinski definition) is 5. The van der Waals surface area contributed by atoms with Gasteiger partial charge in [0.15, 0.2) is 11.5 Å². The number of nitro groups is 1. The van der Waals surface area contributed by atoms with Gasteiger partial charge in [-0.2, -0.15) is 0 Å². The lowest BCUT2D eigenvalue weighted by Crippen LogP contribution is -1.91. The summed E-state index contributed by atoms with van der Waals surface area (Å²) in [5, 5.41) is 21.4. The maximum atomic E-state index is 12.2. The van der Waals surface area contributed by atoms with Crippen LogP contribution in [0.25, 0.3) is 17.0 Å². The highest BCUT2D eigenvalue weighted by molar-refractivity contribution is 6.31. The lowest BCUT2D eigenvalue weighted by Gasteiger charge is -1.97. The second kappa shape index (κ2) is 6.17. The molecule has 24 heavy (non-hydrogen) atoms. The van der Waals surface area contributed by atoms with Crippen LogP contribution in [-0.2, 0) is 0 Å². The van der Waals surface area contributed by atoms with Crippen LogP contribution < -0.4 is 0 Å². The third-order valence-corrected chi connectivity index (χ3v) is 3.58. The predicted octanol–water partition coefficient (Wildman–Crippen LogP) is 4.60. The zero-order chi connectivity index (χ0) is 17.3. The number of carbonyl (C=O) groups is 1. The predicted molar refractivity (Wildman–Crippen MR) is 89.3 cm³/mol. The molecule has 1 aromatic heterocycles. The first-order valence-electron chi connectivity index (χ1n) is 6.83. The molecule has 0 bridgehead atoms. The Labute approximate surface area is 140 Å². The highest BCUT2D eigenvalue weighted by atomic mass is 35.5. The number of furan rings is 1. The summed E-state index contributed by atoms with van der Waals surface area (Å²) in [6.07, 6.45) is 2.66. The zero-order valence-corrected chi connectivity index (χ0v) is 12.9. The van der Waals surface area contributed by atoms with Crippen molar-refractivity contribution in [2.45, 2.75) is 0 Å². The van der Waals surface area contributed by atoms with Crippen LogP contribution in [0.4, 0.5) is 5.69 Å². The number of aromatic hydroxyl groups is 1. The quantitative estimate of drug-likeness (QED) is 0.323. The van der Waals surface area contributed by atoms with Crippen LogP contribution in [0, 0.1) is 10.1 Å². The van der Waals surface area contributed by atoms with Crippen molar-refractivity contribution in [2.24, 2.45) is 0 Å². The first-order valence-corrected chi connectivity index (χ1v) is 7.21. The van der Waals surface area contributed by atoms with E-state index in [1.165, 1.54) is 30.4 Å². The van der Waals surface area contributed by atoms with Crippen LogP contribution in [0.5, 0.6) is 5.75 Å². The third kappa shape index (κ3) is 3.13.